The molecule has 0 aliphatic heterocycles. The maximum Gasteiger partial charge on any atom is 0.287 e. The summed E-state index contributed by atoms with van der Waals surface area (Å²) in [6.45, 7) is 1.04. The summed E-state index contributed by atoms with van der Waals surface area (Å²) in [5.74, 6) is 1.17. The lowest BCUT2D eigenvalue weighted by atomic mass is 10.5. The highest BCUT2D eigenvalue weighted by molar-refractivity contribution is 9.10. The van der Waals surface area contributed by atoms with Crippen LogP contribution in [0, 0.1) is 0 Å². The van der Waals surface area contributed by atoms with E-state index in [1.807, 2.05) is 0 Å². The highest BCUT2D eigenvalue weighted by atomic mass is 79.9. The zero-order valence-electron chi connectivity index (χ0n) is 10.2. The summed E-state index contributed by atoms with van der Waals surface area (Å²) in [5.41, 5.74) is 0. The Morgan fingerprint density at radius 3 is 2.94 bits per heavy atom. The molecule has 0 unspecified atom stereocenters. The van der Waals surface area contributed by atoms with Crippen LogP contribution in [-0.4, -0.2) is 47.4 Å². The average Bonchev–Trinajstić information content (AvgIpc) is 2.64. The van der Waals surface area contributed by atoms with Crippen molar-refractivity contribution in [2.75, 3.05) is 31.9 Å². The largest absolute Gasteiger partial charge is 0.356 e. The van der Waals surface area contributed by atoms with E-state index >= 15 is 0 Å². The minimum Gasteiger partial charge on any atom is -0.356 e. The van der Waals surface area contributed by atoms with Crippen LogP contribution in [0.2, 0.25) is 0 Å². The highest BCUT2D eigenvalue weighted by Gasteiger charge is 2.13. The van der Waals surface area contributed by atoms with Gasteiger partial charge in [0.2, 0.25) is 5.82 Å². The van der Waals surface area contributed by atoms with Crippen molar-refractivity contribution in [1.29, 1.82) is 0 Å². The minimum atomic E-state index is -0.218. The van der Waals surface area contributed by atoms with Crippen molar-refractivity contribution in [3.8, 4) is 0 Å². The van der Waals surface area contributed by atoms with Gasteiger partial charge in [0, 0.05) is 13.2 Å². The highest BCUT2D eigenvalue weighted by Crippen LogP contribution is 2.10. The fourth-order valence-electron chi connectivity index (χ4n) is 1.16. The van der Waals surface area contributed by atoms with Gasteiger partial charge >= 0.3 is 0 Å². The average molecular weight is 323 g/mol. The van der Waals surface area contributed by atoms with Crippen LogP contribution in [-0.2, 0) is 22.4 Å². The van der Waals surface area contributed by atoms with Crippen LogP contribution in [0.5, 0.6) is 0 Å². The normalized spacial score (nSPS) is 10.9. The second-order valence-corrected chi connectivity index (χ2v) is 6.86. The van der Waals surface area contributed by atoms with Gasteiger partial charge < -0.3 is 14.6 Å². The van der Waals surface area contributed by atoms with Crippen molar-refractivity contribution >= 4 is 32.7 Å². The third kappa shape index (κ3) is 4.69. The second-order valence-electron chi connectivity index (χ2n) is 3.66. The molecule has 0 aliphatic carbocycles. The first-order valence-corrected chi connectivity index (χ1v) is 8.11. The summed E-state index contributed by atoms with van der Waals surface area (Å²) in [6, 6.07) is 0. The number of carbonyl (C=O) groups excluding carboxylic acids is 1. The fraction of sp³-hybridized carbons (Fsp3) is 0.600. The van der Waals surface area contributed by atoms with Crippen molar-refractivity contribution < 1.29 is 9.53 Å². The molecule has 96 valence electrons. The number of nitrogens with one attached hydrogen (secondary N) is 1. The summed E-state index contributed by atoms with van der Waals surface area (Å²) in [7, 11) is 1.96. The zero-order valence-corrected chi connectivity index (χ0v) is 12.6. The van der Waals surface area contributed by atoms with E-state index in [0.717, 1.165) is 5.75 Å². The molecular weight excluding hydrogens is 306 g/mol. The molecule has 1 N–H and O–H groups in total. The number of rotatable bonds is 6. The number of halogens is 1. The topological polar surface area (TPSA) is 56.2 Å². The third-order valence-corrected chi connectivity index (χ3v) is 3.41. The lowest BCUT2D eigenvalue weighted by Gasteiger charge is -2.06. The van der Waals surface area contributed by atoms with Crippen LogP contribution in [0.4, 0.5) is 0 Å². The Balaban J connectivity index is 2.55. The lowest BCUT2D eigenvalue weighted by molar-refractivity contribution is 0.0803. The molecular formula is C10H17BrN3O2S+. The molecule has 0 aromatic carbocycles. The standard InChI is InChI=1S/C10H16BrN3O2S/c1-12-10(15)9-13-8(11)6-14(9)7-16-4-5-17(2)3/h6H,4-5,7H2,1-3H3/p+1. The molecule has 1 amide bonds. The zero-order chi connectivity index (χ0) is 12.8. The smallest absolute Gasteiger partial charge is 0.287 e. The van der Waals surface area contributed by atoms with Crippen LogP contribution >= 0.6 is 15.9 Å². The molecule has 1 heterocycles. The number of nitrogens with zero attached hydrogens (tertiary/aromatic N) is 2. The second kappa shape index (κ2) is 7.03. The summed E-state index contributed by atoms with van der Waals surface area (Å²) in [4.78, 5) is 15.6. The van der Waals surface area contributed by atoms with Crippen LogP contribution in [0.15, 0.2) is 10.8 Å². The monoisotopic (exact) mass is 322 g/mol. The Morgan fingerprint density at radius 2 is 2.35 bits per heavy atom. The van der Waals surface area contributed by atoms with Crippen molar-refractivity contribution in [2.24, 2.45) is 0 Å². The summed E-state index contributed by atoms with van der Waals surface area (Å²) in [5, 5.41) is 2.55. The van der Waals surface area contributed by atoms with E-state index in [1.165, 1.54) is 0 Å². The van der Waals surface area contributed by atoms with Gasteiger partial charge in [0.05, 0.1) is 19.1 Å². The van der Waals surface area contributed by atoms with Gasteiger partial charge in [0.25, 0.3) is 5.91 Å². The molecule has 1 aromatic heterocycles. The number of hydrogen-bond acceptors (Lipinski definition) is 3. The number of imidazole rings is 1. The van der Waals surface area contributed by atoms with E-state index in [0.29, 0.717) is 34.7 Å². The third-order valence-electron chi connectivity index (χ3n) is 2.04. The molecule has 0 bridgehead atoms. The number of carbonyl (C=O) groups is 1. The Morgan fingerprint density at radius 1 is 1.65 bits per heavy atom. The number of amides is 1. The molecule has 7 heteroatoms. The van der Waals surface area contributed by atoms with Gasteiger partial charge in [-0.05, 0) is 26.8 Å². The number of hydrogen-bond donors (Lipinski definition) is 1. The molecule has 0 saturated heterocycles. The van der Waals surface area contributed by atoms with Crippen LogP contribution in [0.3, 0.4) is 0 Å². The quantitative estimate of drug-likeness (QED) is 0.624. The first-order chi connectivity index (χ1) is 8.04. The Bertz CT molecular complexity index is 382. The molecule has 0 saturated carbocycles. The first-order valence-electron chi connectivity index (χ1n) is 5.11. The van der Waals surface area contributed by atoms with Gasteiger partial charge in [0.1, 0.15) is 17.1 Å². The lowest BCUT2D eigenvalue weighted by Crippen LogP contribution is -2.23. The van der Waals surface area contributed by atoms with Crippen molar-refractivity contribution in [3.63, 3.8) is 0 Å². The molecule has 0 fully saturated rings. The molecule has 17 heavy (non-hydrogen) atoms. The first kappa shape index (κ1) is 14.5. The Hall–Kier alpha value is -0.530. The molecule has 5 nitrogen and oxygen atoms in total. The predicted octanol–water partition coefficient (Wildman–Crippen LogP) is 0.857. The van der Waals surface area contributed by atoms with E-state index < -0.39 is 0 Å². The maximum absolute atomic E-state index is 11.5. The van der Waals surface area contributed by atoms with Crippen LogP contribution in [0.25, 0.3) is 0 Å². The van der Waals surface area contributed by atoms with Gasteiger partial charge in [-0.25, -0.2) is 4.98 Å². The summed E-state index contributed by atoms with van der Waals surface area (Å²) in [6.07, 6.45) is 6.09. The van der Waals surface area contributed by atoms with E-state index in [9.17, 15) is 4.79 Å². The van der Waals surface area contributed by atoms with E-state index in [2.05, 4.69) is 38.7 Å². The van der Waals surface area contributed by atoms with Gasteiger partial charge in [-0.15, -0.1) is 0 Å². The molecule has 0 spiro atoms. The fourth-order valence-corrected chi connectivity index (χ4v) is 2.03. The van der Waals surface area contributed by atoms with Gasteiger partial charge in [-0.3, -0.25) is 4.79 Å². The van der Waals surface area contributed by atoms with Crippen molar-refractivity contribution in [1.82, 2.24) is 14.9 Å². The van der Waals surface area contributed by atoms with Crippen molar-refractivity contribution in [2.45, 2.75) is 6.73 Å². The Kier molecular flexibility index (Phi) is 6.01. The van der Waals surface area contributed by atoms with Gasteiger partial charge in [-0.1, -0.05) is 0 Å². The van der Waals surface area contributed by atoms with E-state index in [4.69, 9.17) is 4.74 Å². The summed E-state index contributed by atoms with van der Waals surface area (Å²) >= 11 is 3.25. The SMILES string of the molecule is CNC(=O)c1nc(Br)cn1COCC[S+](C)C. The minimum absolute atomic E-state index is 0.218. The summed E-state index contributed by atoms with van der Waals surface area (Å²) < 4.78 is 7.83. The molecule has 1 aromatic rings. The van der Waals surface area contributed by atoms with E-state index in [-0.39, 0.29) is 5.91 Å². The molecule has 0 aliphatic rings. The van der Waals surface area contributed by atoms with Crippen molar-refractivity contribution in [3.05, 3.63) is 16.6 Å². The molecule has 0 radical (unpaired) electrons. The molecule has 1 rings (SSSR count). The molecule has 0 atom stereocenters. The Labute approximate surface area is 112 Å². The van der Waals surface area contributed by atoms with Gasteiger partial charge in [0.15, 0.2) is 0 Å². The van der Waals surface area contributed by atoms with Crippen LogP contribution < -0.4 is 5.32 Å². The van der Waals surface area contributed by atoms with Crippen LogP contribution in [0.1, 0.15) is 10.6 Å². The number of aromatic nitrogens is 2. The maximum atomic E-state index is 11.5. The number of ether oxygens (including phenoxy) is 1. The van der Waals surface area contributed by atoms with E-state index in [1.54, 1.807) is 17.8 Å². The predicted molar refractivity (Wildman–Crippen MR) is 73.3 cm³/mol. The van der Waals surface area contributed by atoms with Gasteiger partial charge in [-0.2, -0.15) is 0 Å².